The van der Waals surface area contributed by atoms with Crippen LogP contribution in [0.15, 0.2) is 21.8 Å². The Hall–Kier alpha value is 0.698. The molecule has 0 radical (unpaired) electrons. The maximum absolute atomic E-state index is 2.41. The van der Waals surface area contributed by atoms with Crippen molar-refractivity contribution in [1.29, 1.82) is 0 Å². The molecule has 0 aromatic heterocycles. The molecule has 64 valence electrons. The van der Waals surface area contributed by atoms with Crippen molar-refractivity contribution in [2.45, 2.75) is 0 Å². The second-order valence-corrected chi connectivity index (χ2v) is 14.5. The van der Waals surface area contributed by atoms with E-state index < -0.39 is 0 Å². The molecule has 0 bridgehead atoms. The molecule has 0 aliphatic rings. The van der Waals surface area contributed by atoms with E-state index in [-0.39, 0.29) is 0 Å². The van der Waals surface area contributed by atoms with Gasteiger partial charge in [-0.1, -0.05) is 12.2 Å². The third-order valence-electron chi connectivity index (χ3n) is 1.22. The topological polar surface area (TPSA) is 0 Å². The minimum Gasteiger partial charge on any atom is -0.154 e. The van der Waals surface area contributed by atoms with Gasteiger partial charge in [0.05, 0.1) is 0 Å². The van der Waals surface area contributed by atoms with Gasteiger partial charge < -0.3 is 0 Å². The average Bonchev–Trinajstić information content (AvgIpc) is 1.85. The normalized spacial score (nSPS) is 10.2. The van der Waals surface area contributed by atoms with Crippen molar-refractivity contribution >= 4 is 52.7 Å². The smallest absolute Gasteiger partial charge is 0.0268 e. The van der Waals surface area contributed by atoms with Crippen LogP contribution < -0.4 is 0 Å². The zero-order valence-electron chi connectivity index (χ0n) is 7.98. The zero-order chi connectivity index (χ0) is 8.69. The summed E-state index contributed by atoms with van der Waals surface area (Å²) >= 11 is 2.05. The molecule has 0 aliphatic carbocycles. The quantitative estimate of drug-likeness (QED) is 0.366. The molecule has 11 heavy (non-hydrogen) atoms. The molecule has 5 heteroatoms. The van der Waals surface area contributed by atoms with Gasteiger partial charge in [0, 0.05) is 52.5 Å². The molecular formula is C6H18SSi4. The van der Waals surface area contributed by atoms with Crippen LogP contribution in [0, 0.1) is 0 Å². The molecule has 0 spiro atoms. The van der Waals surface area contributed by atoms with E-state index >= 15 is 0 Å². The van der Waals surface area contributed by atoms with Gasteiger partial charge in [-0.2, -0.15) is 11.8 Å². The molecule has 0 unspecified atom stereocenters. The molecule has 0 atom stereocenters. The molecule has 0 N–H and O–H groups in total. The van der Waals surface area contributed by atoms with Crippen molar-refractivity contribution in [2.75, 3.05) is 11.5 Å². The van der Waals surface area contributed by atoms with Gasteiger partial charge in [0.15, 0.2) is 0 Å². The lowest BCUT2D eigenvalue weighted by Gasteiger charge is -1.93. The average molecular weight is 235 g/mol. The molecule has 0 rings (SSSR count). The van der Waals surface area contributed by atoms with Gasteiger partial charge >= 0.3 is 0 Å². The minimum absolute atomic E-state index is 1.25. The maximum Gasteiger partial charge on any atom is 0.0268 e. The van der Waals surface area contributed by atoms with E-state index in [0.717, 1.165) is 0 Å². The lowest BCUT2D eigenvalue weighted by Crippen LogP contribution is -1.84. The van der Waals surface area contributed by atoms with E-state index in [0.29, 0.717) is 0 Å². The maximum atomic E-state index is 2.41. The van der Waals surface area contributed by atoms with E-state index in [1.807, 2.05) is 11.8 Å². The van der Waals surface area contributed by atoms with E-state index in [1.54, 1.807) is 9.64 Å². The summed E-state index contributed by atoms with van der Waals surface area (Å²) in [7, 11) is 5.17. The summed E-state index contributed by atoms with van der Waals surface area (Å²) in [6, 6.07) is 0. The number of hydrogen-bond acceptors (Lipinski definition) is 1. The Bertz CT molecular complexity index is 138. The highest BCUT2D eigenvalue weighted by Crippen LogP contribution is 2.01. The van der Waals surface area contributed by atoms with Crippen LogP contribution in [0.5, 0.6) is 0 Å². The summed E-state index contributed by atoms with van der Waals surface area (Å²) in [4.78, 5) is 3.41. The largest absolute Gasteiger partial charge is 0.154 e. The standard InChI is InChI=1S/C6H18SSi4/c8-5(9)1-3-7-4-2-6(10)11/h1-2H,3-4H2,8-11H3. The van der Waals surface area contributed by atoms with Crippen LogP contribution in [-0.4, -0.2) is 52.5 Å². The Morgan fingerprint density at radius 1 is 0.909 bits per heavy atom. The summed E-state index contributed by atoms with van der Waals surface area (Å²) in [5.74, 6) is 2.49. The van der Waals surface area contributed by atoms with Crippen molar-refractivity contribution in [3.05, 3.63) is 21.8 Å². The zero-order valence-corrected chi connectivity index (χ0v) is 16.8. The van der Waals surface area contributed by atoms with Crippen molar-refractivity contribution in [3.8, 4) is 0 Å². The predicted octanol–water partition coefficient (Wildman–Crippen LogP) is -3.14. The van der Waals surface area contributed by atoms with Crippen LogP contribution in [0.3, 0.4) is 0 Å². The van der Waals surface area contributed by atoms with Crippen LogP contribution in [0.25, 0.3) is 0 Å². The van der Waals surface area contributed by atoms with Gasteiger partial charge in [0.25, 0.3) is 0 Å². The fraction of sp³-hybridized carbons (Fsp3) is 0.333. The first-order valence-corrected chi connectivity index (χ1v) is 9.13. The summed E-state index contributed by atoms with van der Waals surface area (Å²) < 4.78 is 0. The highest BCUT2D eigenvalue weighted by Gasteiger charge is 1.82. The van der Waals surface area contributed by atoms with E-state index in [2.05, 4.69) is 12.2 Å². The van der Waals surface area contributed by atoms with Crippen LogP contribution in [-0.2, 0) is 0 Å². The van der Waals surface area contributed by atoms with Gasteiger partial charge in [0.1, 0.15) is 0 Å². The Kier molecular flexibility index (Phi) is 7.82. The van der Waals surface area contributed by atoms with Crippen molar-refractivity contribution in [1.82, 2.24) is 0 Å². The Morgan fingerprint density at radius 2 is 1.27 bits per heavy atom. The second kappa shape index (κ2) is 7.35. The lowest BCUT2D eigenvalue weighted by atomic mass is 10.7. The van der Waals surface area contributed by atoms with E-state index in [9.17, 15) is 0 Å². The number of hydrogen-bond donors (Lipinski definition) is 0. The van der Waals surface area contributed by atoms with Gasteiger partial charge in [0.2, 0.25) is 0 Å². The molecule has 0 amide bonds. The molecule has 0 aromatic rings. The molecule has 0 heterocycles. The minimum atomic E-state index is 1.25. The van der Waals surface area contributed by atoms with Crippen LogP contribution >= 0.6 is 11.8 Å². The Labute approximate surface area is 86.0 Å². The van der Waals surface area contributed by atoms with Gasteiger partial charge in [-0.15, -0.1) is 9.64 Å². The SMILES string of the molecule is [SiH3]C([SiH3])=CCSCC=C([SiH3])[SiH3]. The summed E-state index contributed by atoms with van der Waals surface area (Å²) in [5, 5.41) is 0. The molecule has 0 fully saturated rings. The highest BCUT2D eigenvalue weighted by atomic mass is 32.2. The van der Waals surface area contributed by atoms with Crippen molar-refractivity contribution in [2.24, 2.45) is 0 Å². The second-order valence-electron chi connectivity index (χ2n) is 3.10. The van der Waals surface area contributed by atoms with Crippen molar-refractivity contribution < 1.29 is 0 Å². The lowest BCUT2D eigenvalue weighted by molar-refractivity contribution is 1.71. The molecule has 0 nitrogen and oxygen atoms in total. The van der Waals surface area contributed by atoms with Gasteiger partial charge in [-0.05, 0) is 0 Å². The van der Waals surface area contributed by atoms with Crippen LogP contribution in [0.1, 0.15) is 0 Å². The molecular weight excluding hydrogens is 216 g/mol. The van der Waals surface area contributed by atoms with E-state index in [1.165, 1.54) is 52.5 Å². The Morgan fingerprint density at radius 3 is 1.55 bits per heavy atom. The summed E-state index contributed by atoms with van der Waals surface area (Å²) in [5.41, 5.74) is 0. The number of thioether (sulfide) groups is 1. The fourth-order valence-electron chi connectivity index (χ4n) is 0.519. The molecule has 0 saturated heterocycles. The monoisotopic (exact) mass is 234 g/mol. The van der Waals surface area contributed by atoms with Crippen molar-refractivity contribution in [3.63, 3.8) is 0 Å². The van der Waals surface area contributed by atoms with Gasteiger partial charge in [-0.25, -0.2) is 0 Å². The predicted molar refractivity (Wildman–Crippen MR) is 73.2 cm³/mol. The number of rotatable bonds is 4. The molecule has 0 aromatic carbocycles. The van der Waals surface area contributed by atoms with Crippen LogP contribution in [0.4, 0.5) is 0 Å². The van der Waals surface area contributed by atoms with E-state index in [4.69, 9.17) is 0 Å². The third kappa shape index (κ3) is 10.7. The van der Waals surface area contributed by atoms with Gasteiger partial charge in [-0.3, -0.25) is 0 Å². The van der Waals surface area contributed by atoms with Crippen LogP contribution in [0.2, 0.25) is 0 Å². The first-order chi connectivity index (χ1) is 5.13. The first-order valence-electron chi connectivity index (χ1n) is 3.97. The first kappa shape index (κ1) is 11.7. The third-order valence-corrected chi connectivity index (χ3v) is 3.66. The molecule has 0 aliphatic heterocycles. The fourth-order valence-corrected chi connectivity index (χ4v) is 3.56. The highest BCUT2D eigenvalue weighted by molar-refractivity contribution is 7.99. The Balaban J connectivity index is 3.29. The summed E-state index contributed by atoms with van der Waals surface area (Å²) in [6.07, 6.45) is 4.83. The summed E-state index contributed by atoms with van der Waals surface area (Å²) in [6.45, 7) is 0. The molecule has 0 saturated carbocycles.